The molecule has 2 aromatic heterocycles. The molecular formula is C23H22FN5O. The van der Waals surface area contributed by atoms with E-state index in [-0.39, 0.29) is 5.82 Å². The molecule has 6 nitrogen and oxygen atoms in total. The number of piperazine rings is 1. The Morgan fingerprint density at radius 3 is 2.30 bits per heavy atom. The maximum Gasteiger partial charge on any atom is 0.154 e. The van der Waals surface area contributed by atoms with Gasteiger partial charge in [-0.15, -0.1) is 0 Å². The number of fused-ring (bicyclic) bond motifs is 1. The van der Waals surface area contributed by atoms with Crippen LogP contribution in [-0.4, -0.2) is 47.9 Å². The summed E-state index contributed by atoms with van der Waals surface area (Å²) < 4.78 is 20.3. The molecule has 152 valence electrons. The van der Waals surface area contributed by atoms with Crippen molar-refractivity contribution in [1.29, 1.82) is 0 Å². The number of hydrogen-bond acceptors (Lipinski definition) is 5. The zero-order valence-electron chi connectivity index (χ0n) is 16.7. The molecular weight excluding hydrogens is 381 g/mol. The van der Waals surface area contributed by atoms with Crippen LogP contribution in [0.15, 0.2) is 67.0 Å². The van der Waals surface area contributed by atoms with Crippen LogP contribution >= 0.6 is 0 Å². The fourth-order valence-corrected chi connectivity index (χ4v) is 3.88. The van der Waals surface area contributed by atoms with Crippen LogP contribution in [0.5, 0.6) is 5.75 Å². The fourth-order valence-electron chi connectivity index (χ4n) is 3.88. The summed E-state index contributed by atoms with van der Waals surface area (Å²) in [6.45, 7) is 3.56. The molecule has 0 unspecified atom stereocenters. The van der Waals surface area contributed by atoms with E-state index in [0.717, 1.165) is 54.5 Å². The van der Waals surface area contributed by atoms with Crippen molar-refractivity contribution in [3.05, 3.63) is 72.8 Å². The van der Waals surface area contributed by atoms with Gasteiger partial charge in [0.25, 0.3) is 0 Å². The van der Waals surface area contributed by atoms with Crippen molar-refractivity contribution in [3.63, 3.8) is 0 Å². The number of anilines is 2. The molecule has 1 aliphatic heterocycles. The third-order valence-electron chi connectivity index (χ3n) is 5.53. The largest absolute Gasteiger partial charge is 0.497 e. The number of nitrogens with zero attached hydrogens (tertiary/aromatic N) is 5. The summed E-state index contributed by atoms with van der Waals surface area (Å²) in [7, 11) is 1.68. The highest BCUT2D eigenvalue weighted by atomic mass is 19.1. The SMILES string of the molecule is COc1ccc(N2CCN(c3nccn4nc(-c5ccc(F)cc5)cc34)CC2)cc1. The van der Waals surface area contributed by atoms with E-state index >= 15 is 0 Å². The van der Waals surface area contributed by atoms with Gasteiger partial charge in [0.2, 0.25) is 0 Å². The third kappa shape index (κ3) is 3.43. The van der Waals surface area contributed by atoms with Crippen molar-refractivity contribution in [2.75, 3.05) is 43.1 Å². The predicted octanol–water partition coefficient (Wildman–Crippen LogP) is 3.87. The molecule has 0 spiro atoms. The van der Waals surface area contributed by atoms with Gasteiger partial charge in [-0.25, -0.2) is 13.9 Å². The molecule has 0 bridgehead atoms. The van der Waals surface area contributed by atoms with Crippen LogP contribution < -0.4 is 14.5 Å². The average molecular weight is 403 g/mol. The summed E-state index contributed by atoms with van der Waals surface area (Å²) >= 11 is 0. The summed E-state index contributed by atoms with van der Waals surface area (Å²) in [5.74, 6) is 1.54. The van der Waals surface area contributed by atoms with Crippen LogP contribution in [0, 0.1) is 5.82 Å². The van der Waals surface area contributed by atoms with Crippen LogP contribution in [0.1, 0.15) is 0 Å². The van der Waals surface area contributed by atoms with E-state index in [4.69, 9.17) is 4.74 Å². The van der Waals surface area contributed by atoms with E-state index in [1.54, 1.807) is 25.4 Å². The van der Waals surface area contributed by atoms with Crippen molar-refractivity contribution >= 4 is 17.0 Å². The lowest BCUT2D eigenvalue weighted by Crippen LogP contribution is -2.47. The molecule has 7 heteroatoms. The molecule has 0 atom stereocenters. The summed E-state index contributed by atoms with van der Waals surface area (Å²) in [6.07, 6.45) is 3.62. The highest BCUT2D eigenvalue weighted by Gasteiger charge is 2.21. The van der Waals surface area contributed by atoms with E-state index < -0.39 is 0 Å². The molecule has 0 saturated carbocycles. The van der Waals surface area contributed by atoms with Crippen LogP contribution in [-0.2, 0) is 0 Å². The molecule has 0 N–H and O–H groups in total. The first-order chi connectivity index (χ1) is 14.7. The quantitative estimate of drug-likeness (QED) is 0.518. The number of rotatable bonds is 4. The molecule has 0 aliphatic carbocycles. The molecule has 3 heterocycles. The molecule has 2 aromatic carbocycles. The van der Waals surface area contributed by atoms with Gasteiger partial charge in [-0.3, -0.25) is 0 Å². The summed E-state index contributed by atoms with van der Waals surface area (Å²) in [5.41, 5.74) is 3.84. The van der Waals surface area contributed by atoms with Crippen LogP contribution in [0.25, 0.3) is 16.8 Å². The van der Waals surface area contributed by atoms with Gasteiger partial charge in [-0.1, -0.05) is 0 Å². The zero-order chi connectivity index (χ0) is 20.5. The lowest BCUT2D eigenvalue weighted by atomic mass is 10.1. The number of halogens is 1. The topological polar surface area (TPSA) is 45.9 Å². The number of hydrogen-bond donors (Lipinski definition) is 0. The van der Waals surface area contributed by atoms with Crippen LogP contribution in [0.4, 0.5) is 15.9 Å². The first-order valence-corrected chi connectivity index (χ1v) is 9.95. The van der Waals surface area contributed by atoms with Crippen LogP contribution in [0.3, 0.4) is 0 Å². The van der Waals surface area contributed by atoms with Crippen molar-refractivity contribution in [1.82, 2.24) is 14.6 Å². The maximum absolute atomic E-state index is 13.3. The van der Waals surface area contributed by atoms with E-state index in [1.807, 2.05) is 28.9 Å². The van der Waals surface area contributed by atoms with Crippen LogP contribution in [0.2, 0.25) is 0 Å². The van der Waals surface area contributed by atoms with E-state index in [2.05, 4.69) is 32.0 Å². The van der Waals surface area contributed by atoms with Gasteiger partial charge in [-0.05, 0) is 54.6 Å². The standard InChI is InChI=1S/C23H22FN5O/c1-30-20-8-6-19(7-9-20)27-12-14-28(15-13-27)23-22-16-21(26-29(22)11-10-25-23)17-2-4-18(24)5-3-17/h2-11,16H,12-15H2,1H3. The molecule has 4 aromatic rings. The second-order valence-corrected chi connectivity index (χ2v) is 7.29. The Morgan fingerprint density at radius 2 is 1.60 bits per heavy atom. The molecule has 0 amide bonds. The van der Waals surface area contributed by atoms with Gasteiger partial charge in [0.1, 0.15) is 17.1 Å². The highest BCUT2D eigenvalue weighted by Crippen LogP contribution is 2.27. The first kappa shape index (κ1) is 18.4. The second kappa shape index (κ2) is 7.67. The first-order valence-electron chi connectivity index (χ1n) is 9.95. The molecule has 1 fully saturated rings. The predicted molar refractivity (Wildman–Crippen MR) is 116 cm³/mol. The Balaban J connectivity index is 1.37. The minimum Gasteiger partial charge on any atom is -0.497 e. The number of benzene rings is 2. The monoisotopic (exact) mass is 403 g/mol. The summed E-state index contributed by atoms with van der Waals surface area (Å²) in [6, 6.07) is 16.6. The van der Waals surface area contributed by atoms with Crippen molar-refractivity contribution < 1.29 is 9.13 Å². The fraction of sp³-hybridized carbons (Fsp3) is 0.217. The lowest BCUT2D eigenvalue weighted by Gasteiger charge is -2.36. The minimum atomic E-state index is -0.250. The Morgan fingerprint density at radius 1 is 0.900 bits per heavy atom. The van der Waals surface area contributed by atoms with Crippen molar-refractivity contribution in [2.45, 2.75) is 0 Å². The van der Waals surface area contributed by atoms with Gasteiger partial charge in [0.05, 0.1) is 12.8 Å². The molecule has 30 heavy (non-hydrogen) atoms. The van der Waals surface area contributed by atoms with Gasteiger partial charge in [-0.2, -0.15) is 5.10 Å². The number of methoxy groups -OCH3 is 1. The Kier molecular flexibility index (Phi) is 4.71. The minimum absolute atomic E-state index is 0.250. The maximum atomic E-state index is 13.3. The Hall–Kier alpha value is -3.61. The second-order valence-electron chi connectivity index (χ2n) is 7.29. The summed E-state index contributed by atoms with van der Waals surface area (Å²) in [4.78, 5) is 9.31. The van der Waals surface area contributed by atoms with Crippen molar-refractivity contribution in [3.8, 4) is 17.0 Å². The summed E-state index contributed by atoms with van der Waals surface area (Å²) in [5, 5.41) is 4.65. The Bertz CT molecular complexity index is 1150. The molecule has 0 radical (unpaired) electrons. The van der Waals surface area contributed by atoms with E-state index in [1.165, 1.54) is 17.8 Å². The van der Waals surface area contributed by atoms with Crippen molar-refractivity contribution in [2.24, 2.45) is 0 Å². The lowest BCUT2D eigenvalue weighted by molar-refractivity contribution is 0.415. The molecule has 5 rings (SSSR count). The molecule has 1 aliphatic rings. The zero-order valence-corrected chi connectivity index (χ0v) is 16.7. The molecule has 1 saturated heterocycles. The highest BCUT2D eigenvalue weighted by molar-refractivity contribution is 5.75. The smallest absolute Gasteiger partial charge is 0.154 e. The van der Waals surface area contributed by atoms with E-state index in [9.17, 15) is 4.39 Å². The van der Waals surface area contributed by atoms with Gasteiger partial charge < -0.3 is 14.5 Å². The normalized spacial score (nSPS) is 14.3. The van der Waals surface area contributed by atoms with E-state index in [0.29, 0.717) is 0 Å². The van der Waals surface area contributed by atoms with Gasteiger partial charge in [0.15, 0.2) is 5.82 Å². The van der Waals surface area contributed by atoms with Gasteiger partial charge >= 0.3 is 0 Å². The number of aromatic nitrogens is 3. The third-order valence-corrected chi connectivity index (χ3v) is 5.53. The van der Waals surface area contributed by atoms with Gasteiger partial charge in [0, 0.05) is 49.8 Å². The Labute approximate surface area is 174 Å². The average Bonchev–Trinajstić information content (AvgIpc) is 3.24. The number of ether oxygens (including phenoxy) is 1.